The summed E-state index contributed by atoms with van der Waals surface area (Å²) in [5.74, 6) is 1.01. The zero-order chi connectivity index (χ0) is 10.8. The Hall–Kier alpha value is -1.77. The lowest BCUT2D eigenvalue weighted by Gasteiger charge is -1.98. The molecule has 0 unspecified atom stereocenters. The fraction of sp³-hybridized carbons (Fsp3) is 0.250. The first-order valence-corrected chi connectivity index (χ1v) is 5.01. The highest BCUT2D eigenvalue weighted by Crippen LogP contribution is 2.11. The predicted molar refractivity (Wildman–Crippen MR) is 61.7 cm³/mol. The lowest BCUT2D eigenvalue weighted by Crippen LogP contribution is -1.92. The highest BCUT2D eigenvalue weighted by Gasteiger charge is 2.02. The van der Waals surface area contributed by atoms with Crippen LogP contribution < -0.4 is 5.73 Å². The van der Waals surface area contributed by atoms with Crippen molar-refractivity contribution in [1.82, 2.24) is 9.97 Å². The van der Waals surface area contributed by atoms with Crippen LogP contribution in [0.15, 0.2) is 24.3 Å². The SMILES string of the molecule is Cc1nc(Cc2ccc(N)cc2)[nH]c1C. The molecule has 1 aromatic carbocycles. The minimum absolute atomic E-state index is 0.797. The normalized spacial score (nSPS) is 10.5. The molecule has 0 radical (unpaired) electrons. The molecule has 0 aliphatic rings. The van der Waals surface area contributed by atoms with Gasteiger partial charge < -0.3 is 10.7 Å². The van der Waals surface area contributed by atoms with E-state index < -0.39 is 0 Å². The van der Waals surface area contributed by atoms with Crippen LogP contribution in [-0.2, 0) is 6.42 Å². The standard InChI is InChI=1S/C12H15N3/c1-8-9(2)15-12(14-8)7-10-3-5-11(13)6-4-10/h3-6H,7,13H2,1-2H3,(H,14,15). The van der Waals surface area contributed by atoms with E-state index >= 15 is 0 Å². The number of H-pyrrole nitrogens is 1. The minimum Gasteiger partial charge on any atom is -0.399 e. The highest BCUT2D eigenvalue weighted by atomic mass is 14.9. The molecular weight excluding hydrogens is 186 g/mol. The van der Waals surface area contributed by atoms with E-state index in [4.69, 9.17) is 5.73 Å². The van der Waals surface area contributed by atoms with E-state index in [9.17, 15) is 0 Å². The van der Waals surface area contributed by atoms with E-state index in [0.717, 1.165) is 29.3 Å². The predicted octanol–water partition coefficient (Wildman–Crippen LogP) is 2.20. The Morgan fingerprint density at radius 2 is 1.87 bits per heavy atom. The molecular formula is C12H15N3. The van der Waals surface area contributed by atoms with Crippen LogP contribution in [0.2, 0.25) is 0 Å². The van der Waals surface area contributed by atoms with Crippen molar-refractivity contribution in [2.24, 2.45) is 0 Å². The van der Waals surface area contributed by atoms with Gasteiger partial charge in [0.25, 0.3) is 0 Å². The molecule has 3 nitrogen and oxygen atoms in total. The number of aryl methyl sites for hydroxylation is 2. The fourth-order valence-electron chi connectivity index (χ4n) is 1.53. The zero-order valence-electron chi connectivity index (χ0n) is 9.04. The second kappa shape index (κ2) is 3.77. The van der Waals surface area contributed by atoms with Crippen LogP contribution in [0.4, 0.5) is 5.69 Å². The number of hydrogen-bond donors (Lipinski definition) is 2. The van der Waals surface area contributed by atoms with Crippen molar-refractivity contribution < 1.29 is 0 Å². The van der Waals surface area contributed by atoms with Crippen molar-refractivity contribution in [2.45, 2.75) is 20.3 Å². The number of benzene rings is 1. The van der Waals surface area contributed by atoms with E-state index in [1.54, 1.807) is 0 Å². The van der Waals surface area contributed by atoms with Gasteiger partial charge in [-0.25, -0.2) is 4.98 Å². The second-order valence-corrected chi connectivity index (χ2v) is 3.81. The summed E-state index contributed by atoms with van der Waals surface area (Å²) in [7, 11) is 0. The molecule has 1 aromatic heterocycles. The Morgan fingerprint density at radius 1 is 1.20 bits per heavy atom. The molecule has 0 saturated carbocycles. The lowest BCUT2D eigenvalue weighted by molar-refractivity contribution is 1.01. The summed E-state index contributed by atoms with van der Waals surface area (Å²) in [5, 5.41) is 0. The maximum atomic E-state index is 5.62. The quantitative estimate of drug-likeness (QED) is 0.732. The van der Waals surface area contributed by atoms with Crippen LogP contribution in [0.3, 0.4) is 0 Å². The summed E-state index contributed by atoms with van der Waals surface area (Å²) < 4.78 is 0. The number of nitrogens with zero attached hydrogens (tertiary/aromatic N) is 1. The van der Waals surface area contributed by atoms with Gasteiger partial charge in [-0.2, -0.15) is 0 Å². The molecule has 0 fully saturated rings. The van der Waals surface area contributed by atoms with Gasteiger partial charge >= 0.3 is 0 Å². The summed E-state index contributed by atoms with van der Waals surface area (Å²) in [5.41, 5.74) is 9.85. The number of nitrogens with one attached hydrogen (secondary N) is 1. The van der Waals surface area contributed by atoms with Gasteiger partial charge in [0.1, 0.15) is 5.82 Å². The van der Waals surface area contributed by atoms with Gasteiger partial charge in [-0.1, -0.05) is 12.1 Å². The van der Waals surface area contributed by atoms with E-state index in [0.29, 0.717) is 0 Å². The van der Waals surface area contributed by atoms with Gasteiger partial charge in [0.05, 0.1) is 5.69 Å². The van der Waals surface area contributed by atoms with Crippen LogP contribution >= 0.6 is 0 Å². The van der Waals surface area contributed by atoms with Crippen molar-refractivity contribution >= 4 is 5.69 Å². The molecule has 78 valence electrons. The van der Waals surface area contributed by atoms with Crippen LogP contribution in [0.25, 0.3) is 0 Å². The molecule has 0 atom stereocenters. The first-order chi connectivity index (χ1) is 7.15. The summed E-state index contributed by atoms with van der Waals surface area (Å²) in [6.07, 6.45) is 0.828. The minimum atomic E-state index is 0.797. The number of aromatic nitrogens is 2. The average Bonchev–Trinajstić information content (AvgIpc) is 2.50. The van der Waals surface area contributed by atoms with E-state index in [-0.39, 0.29) is 0 Å². The third-order valence-electron chi connectivity index (χ3n) is 2.53. The Labute approximate surface area is 89.4 Å². The second-order valence-electron chi connectivity index (χ2n) is 3.81. The Kier molecular flexibility index (Phi) is 2.46. The van der Waals surface area contributed by atoms with Crippen molar-refractivity contribution in [2.75, 3.05) is 5.73 Å². The number of nitrogens with two attached hydrogens (primary N) is 1. The summed E-state index contributed by atoms with van der Waals surface area (Å²) >= 11 is 0. The van der Waals surface area contributed by atoms with Crippen molar-refractivity contribution in [3.05, 3.63) is 47.0 Å². The van der Waals surface area contributed by atoms with Gasteiger partial charge in [-0.05, 0) is 31.5 Å². The van der Waals surface area contributed by atoms with Crippen LogP contribution in [0.5, 0.6) is 0 Å². The molecule has 15 heavy (non-hydrogen) atoms. The van der Waals surface area contributed by atoms with Gasteiger partial charge in [0.15, 0.2) is 0 Å². The monoisotopic (exact) mass is 201 g/mol. The number of hydrogen-bond acceptors (Lipinski definition) is 2. The van der Waals surface area contributed by atoms with E-state index in [2.05, 4.69) is 9.97 Å². The van der Waals surface area contributed by atoms with Crippen LogP contribution in [0.1, 0.15) is 22.8 Å². The third-order valence-corrected chi connectivity index (χ3v) is 2.53. The maximum absolute atomic E-state index is 5.62. The number of nitrogen functional groups attached to an aromatic ring is 1. The van der Waals surface area contributed by atoms with Crippen LogP contribution in [0, 0.1) is 13.8 Å². The van der Waals surface area contributed by atoms with Crippen molar-refractivity contribution in [3.8, 4) is 0 Å². The van der Waals surface area contributed by atoms with E-state index in [1.807, 2.05) is 38.1 Å². The Balaban J connectivity index is 2.18. The van der Waals surface area contributed by atoms with Crippen molar-refractivity contribution in [3.63, 3.8) is 0 Å². The summed E-state index contributed by atoms with van der Waals surface area (Å²) in [6.45, 7) is 4.05. The first-order valence-electron chi connectivity index (χ1n) is 5.01. The zero-order valence-corrected chi connectivity index (χ0v) is 9.04. The molecule has 3 heteroatoms. The molecule has 0 bridgehead atoms. The lowest BCUT2D eigenvalue weighted by atomic mass is 10.1. The van der Waals surface area contributed by atoms with Gasteiger partial charge in [0.2, 0.25) is 0 Å². The van der Waals surface area contributed by atoms with Gasteiger partial charge in [-0.15, -0.1) is 0 Å². The highest BCUT2D eigenvalue weighted by molar-refractivity contribution is 5.40. The molecule has 2 aromatic rings. The summed E-state index contributed by atoms with van der Waals surface area (Å²) in [6, 6.07) is 7.89. The average molecular weight is 201 g/mol. The molecule has 0 spiro atoms. The number of aromatic amines is 1. The topological polar surface area (TPSA) is 54.7 Å². The molecule has 0 saturated heterocycles. The number of rotatable bonds is 2. The van der Waals surface area contributed by atoms with Crippen molar-refractivity contribution in [1.29, 1.82) is 0 Å². The molecule has 0 aliphatic heterocycles. The first kappa shape index (κ1) is 9.77. The third kappa shape index (κ3) is 2.18. The van der Waals surface area contributed by atoms with Crippen LogP contribution in [-0.4, -0.2) is 9.97 Å². The Bertz CT molecular complexity index is 435. The molecule has 0 aliphatic carbocycles. The smallest absolute Gasteiger partial charge is 0.110 e. The molecule has 1 heterocycles. The number of imidazole rings is 1. The largest absolute Gasteiger partial charge is 0.399 e. The summed E-state index contributed by atoms with van der Waals surface area (Å²) in [4.78, 5) is 7.71. The fourth-order valence-corrected chi connectivity index (χ4v) is 1.53. The maximum Gasteiger partial charge on any atom is 0.110 e. The Morgan fingerprint density at radius 3 is 2.40 bits per heavy atom. The molecule has 3 N–H and O–H groups in total. The molecule has 2 rings (SSSR count). The van der Waals surface area contributed by atoms with E-state index in [1.165, 1.54) is 5.56 Å². The molecule has 0 amide bonds. The van der Waals surface area contributed by atoms with Gasteiger partial charge in [0, 0.05) is 17.8 Å². The van der Waals surface area contributed by atoms with Gasteiger partial charge in [-0.3, -0.25) is 0 Å². The number of anilines is 1.